The number of nitrogens with zero attached hydrogens (tertiary/aromatic N) is 6. The SMILES string of the molecule is O=c1c([N+](=O)[O-])c(Sc2nnc(C3CC3)n2C2CC2)nc2ccccn12. The Hall–Kier alpha value is -2.75. The van der Waals surface area contributed by atoms with Crippen molar-refractivity contribution < 1.29 is 4.92 Å². The third kappa shape index (κ3) is 2.48. The largest absolute Gasteiger partial charge is 0.366 e. The van der Waals surface area contributed by atoms with Crippen molar-refractivity contribution in [2.24, 2.45) is 0 Å². The van der Waals surface area contributed by atoms with Crippen molar-refractivity contribution >= 4 is 23.1 Å². The normalized spacial score (nSPS) is 16.9. The highest BCUT2D eigenvalue weighted by atomic mass is 32.2. The molecular weight excluding hydrogens is 356 g/mol. The van der Waals surface area contributed by atoms with E-state index in [1.165, 1.54) is 10.6 Å². The van der Waals surface area contributed by atoms with Gasteiger partial charge in [0.25, 0.3) is 0 Å². The summed E-state index contributed by atoms with van der Waals surface area (Å²) in [5.74, 6) is 1.39. The maximum Gasteiger partial charge on any atom is 0.366 e. The second-order valence-corrected chi connectivity index (χ2v) is 7.53. The van der Waals surface area contributed by atoms with Crippen LogP contribution in [0.2, 0.25) is 0 Å². The molecule has 3 aromatic rings. The molecule has 0 N–H and O–H groups in total. The minimum Gasteiger partial charge on any atom is -0.302 e. The van der Waals surface area contributed by atoms with Gasteiger partial charge in [0.2, 0.25) is 0 Å². The van der Waals surface area contributed by atoms with Gasteiger partial charge in [0.05, 0.1) is 4.92 Å². The number of fused-ring (bicyclic) bond motifs is 1. The van der Waals surface area contributed by atoms with Crippen LogP contribution in [0.1, 0.15) is 43.5 Å². The summed E-state index contributed by atoms with van der Waals surface area (Å²) in [7, 11) is 0. The van der Waals surface area contributed by atoms with E-state index >= 15 is 0 Å². The summed E-state index contributed by atoms with van der Waals surface area (Å²) in [5, 5.41) is 20.7. The highest BCUT2D eigenvalue weighted by Gasteiger charge is 2.37. The maximum atomic E-state index is 12.6. The fraction of sp³-hybridized carbons (Fsp3) is 0.375. The highest BCUT2D eigenvalue weighted by Crippen LogP contribution is 2.47. The summed E-state index contributed by atoms with van der Waals surface area (Å²) < 4.78 is 3.27. The zero-order valence-electron chi connectivity index (χ0n) is 13.6. The van der Waals surface area contributed by atoms with E-state index in [2.05, 4.69) is 19.7 Å². The molecule has 2 fully saturated rings. The van der Waals surface area contributed by atoms with Crippen LogP contribution in [0.4, 0.5) is 5.69 Å². The lowest BCUT2D eigenvalue weighted by molar-refractivity contribution is -0.389. The van der Waals surface area contributed by atoms with Crippen LogP contribution in [0.15, 0.2) is 39.4 Å². The molecule has 0 atom stereocenters. The predicted octanol–water partition coefficient (Wildman–Crippen LogP) is 2.56. The zero-order chi connectivity index (χ0) is 17.8. The summed E-state index contributed by atoms with van der Waals surface area (Å²) >= 11 is 1.06. The van der Waals surface area contributed by atoms with Gasteiger partial charge in [0, 0.05) is 18.2 Å². The lowest BCUT2D eigenvalue weighted by atomic mass is 10.4. The standard InChI is InChI=1S/C16H14N6O3S/c23-15-12(22(24)25)14(17-11-3-1-2-8-20(11)15)26-16-19-18-13(9-4-5-9)21(16)10-6-7-10/h1-3,8-10H,4-7H2. The first-order chi connectivity index (χ1) is 12.6. The molecule has 0 radical (unpaired) electrons. The van der Waals surface area contributed by atoms with Crippen molar-refractivity contribution in [3.8, 4) is 0 Å². The van der Waals surface area contributed by atoms with E-state index in [1.807, 2.05) is 0 Å². The van der Waals surface area contributed by atoms with Crippen molar-refractivity contribution in [2.45, 2.75) is 47.8 Å². The number of nitro groups is 1. The number of hydrogen-bond acceptors (Lipinski definition) is 7. The van der Waals surface area contributed by atoms with Crippen LogP contribution < -0.4 is 5.56 Å². The molecule has 0 aliphatic heterocycles. The summed E-state index contributed by atoms with van der Waals surface area (Å²) in [6.45, 7) is 0. The van der Waals surface area contributed by atoms with Gasteiger partial charge in [-0.2, -0.15) is 0 Å². The monoisotopic (exact) mass is 370 g/mol. The molecule has 0 spiro atoms. The van der Waals surface area contributed by atoms with E-state index in [0.717, 1.165) is 43.3 Å². The quantitative estimate of drug-likeness (QED) is 0.386. The third-order valence-electron chi connectivity index (χ3n) is 4.59. The molecule has 132 valence electrons. The van der Waals surface area contributed by atoms with Crippen molar-refractivity contribution in [2.75, 3.05) is 0 Å². The molecule has 0 aromatic carbocycles. The number of pyridine rings is 1. The molecule has 0 saturated heterocycles. The second-order valence-electron chi connectivity index (χ2n) is 6.57. The van der Waals surface area contributed by atoms with Gasteiger partial charge in [-0.1, -0.05) is 6.07 Å². The second kappa shape index (κ2) is 5.63. The third-order valence-corrected chi connectivity index (χ3v) is 5.53. The Balaban J connectivity index is 1.65. The average Bonchev–Trinajstić information content (AvgIpc) is 3.54. The molecule has 2 aliphatic rings. The number of aromatic nitrogens is 5. The van der Waals surface area contributed by atoms with Crippen molar-refractivity contribution in [3.05, 3.63) is 50.7 Å². The summed E-state index contributed by atoms with van der Waals surface area (Å²) in [6, 6.07) is 5.37. The molecule has 2 saturated carbocycles. The first-order valence-corrected chi connectivity index (χ1v) is 9.23. The Morgan fingerprint density at radius 2 is 2.00 bits per heavy atom. The minimum atomic E-state index is -0.692. The van der Waals surface area contributed by atoms with Crippen molar-refractivity contribution in [1.29, 1.82) is 0 Å². The molecule has 10 heteroatoms. The Morgan fingerprint density at radius 3 is 2.69 bits per heavy atom. The summed E-state index contributed by atoms with van der Waals surface area (Å²) in [6.07, 6.45) is 5.79. The van der Waals surface area contributed by atoms with E-state index in [9.17, 15) is 14.9 Å². The van der Waals surface area contributed by atoms with Crippen molar-refractivity contribution in [1.82, 2.24) is 24.1 Å². The van der Waals surface area contributed by atoms with Gasteiger partial charge in [-0.05, 0) is 49.6 Å². The Bertz CT molecular complexity index is 1100. The van der Waals surface area contributed by atoms with Crippen LogP contribution in [-0.2, 0) is 0 Å². The topological polar surface area (TPSA) is 108 Å². The van der Waals surface area contributed by atoms with Crippen molar-refractivity contribution in [3.63, 3.8) is 0 Å². The van der Waals surface area contributed by atoms with Gasteiger partial charge in [0.15, 0.2) is 10.2 Å². The van der Waals surface area contributed by atoms with E-state index < -0.39 is 16.2 Å². The highest BCUT2D eigenvalue weighted by molar-refractivity contribution is 7.99. The van der Waals surface area contributed by atoms with Gasteiger partial charge >= 0.3 is 11.2 Å². The molecular formula is C16H14N6O3S. The molecule has 5 rings (SSSR count). The van der Waals surface area contributed by atoms with Crippen LogP contribution in [-0.4, -0.2) is 29.1 Å². The molecule has 3 aromatic heterocycles. The van der Waals surface area contributed by atoms with Gasteiger partial charge in [-0.15, -0.1) is 10.2 Å². The Kier molecular flexibility index (Phi) is 3.36. The van der Waals surface area contributed by atoms with E-state index in [-0.39, 0.29) is 5.03 Å². The van der Waals surface area contributed by atoms with E-state index in [1.54, 1.807) is 18.2 Å². The minimum absolute atomic E-state index is 0.0582. The van der Waals surface area contributed by atoms with Crippen LogP contribution in [0.25, 0.3) is 5.65 Å². The molecule has 3 heterocycles. The van der Waals surface area contributed by atoms with Gasteiger partial charge < -0.3 is 4.57 Å². The van der Waals surface area contributed by atoms with E-state index in [0.29, 0.717) is 22.8 Å². The fourth-order valence-corrected chi connectivity index (χ4v) is 4.02. The first-order valence-electron chi connectivity index (χ1n) is 8.42. The van der Waals surface area contributed by atoms with Crippen LogP contribution in [0, 0.1) is 10.1 Å². The first kappa shape index (κ1) is 15.5. The lowest BCUT2D eigenvalue weighted by Gasteiger charge is -2.08. The van der Waals surface area contributed by atoms with Gasteiger partial charge in [-0.25, -0.2) is 4.98 Å². The Labute approximate surface area is 151 Å². The molecule has 2 aliphatic carbocycles. The summed E-state index contributed by atoms with van der Waals surface area (Å²) in [4.78, 5) is 27.8. The summed E-state index contributed by atoms with van der Waals surface area (Å²) in [5.41, 5.74) is -0.856. The molecule has 26 heavy (non-hydrogen) atoms. The van der Waals surface area contributed by atoms with Gasteiger partial charge in [0.1, 0.15) is 11.5 Å². The lowest BCUT2D eigenvalue weighted by Crippen LogP contribution is -2.19. The molecule has 9 nitrogen and oxygen atoms in total. The number of hydrogen-bond donors (Lipinski definition) is 0. The average molecular weight is 370 g/mol. The van der Waals surface area contributed by atoms with Crippen LogP contribution in [0.3, 0.4) is 0 Å². The van der Waals surface area contributed by atoms with E-state index in [4.69, 9.17) is 0 Å². The molecule has 0 bridgehead atoms. The zero-order valence-corrected chi connectivity index (χ0v) is 14.4. The van der Waals surface area contributed by atoms with Crippen LogP contribution >= 0.6 is 11.8 Å². The van der Waals surface area contributed by atoms with Crippen LogP contribution in [0.5, 0.6) is 0 Å². The Morgan fingerprint density at radius 1 is 1.19 bits per heavy atom. The molecule has 0 amide bonds. The molecule has 0 unspecified atom stereocenters. The number of rotatable bonds is 5. The fourth-order valence-electron chi connectivity index (χ4n) is 3.03. The van der Waals surface area contributed by atoms with Gasteiger partial charge in [-0.3, -0.25) is 19.3 Å². The predicted molar refractivity (Wildman–Crippen MR) is 92.5 cm³/mol. The smallest absolute Gasteiger partial charge is 0.302 e. The maximum absolute atomic E-state index is 12.6.